The van der Waals surface area contributed by atoms with E-state index in [4.69, 9.17) is 4.74 Å². The van der Waals surface area contributed by atoms with Gasteiger partial charge in [-0.05, 0) is 62.1 Å². The van der Waals surface area contributed by atoms with E-state index in [1.165, 1.54) is 28.8 Å². The fraction of sp³-hybridized carbons (Fsp3) is 0.500. The average Bonchev–Trinajstić information content (AvgIpc) is 3.14. The molecule has 1 aromatic heterocycles. The Kier molecular flexibility index (Phi) is 4.60. The van der Waals surface area contributed by atoms with Gasteiger partial charge in [-0.1, -0.05) is 6.07 Å². The Bertz CT molecular complexity index is 616. The molecule has 118 valence electrons. The predicted molar refractivity (Wildman–Crippen MR) is 88.3 cm³/mol. The van der Waals surface area contributed by atoms with Crippen LogP contribution >= 0.6 is 0 Å². The predicted octanol–water partition coefficient (Wildman–Crippen LogP) is 2.96. The molecule has 3 rings (SSSR count). The van der Waals surface area contributed by atoms with E-state index in [1.807, 2.05) is 23.1 Å². The summed E-state index contributed by atoms with van der Waals surface area (Å²) in [6.07, 6.45) is 5.03. The maximum absolute atomic E-state index is 5.49. The average molecular weight is 299 g/mol. The first kappa shape index (κ1) is 15.3. The molecule has 2 heterocycles. The molecule has 4 heteroatoms. The Hall–Kier alpha value is -1.65. The van der Waals surface area contributed by atoms with Gasteiger partial charge < -0.3 is 9.64 Å². The number of hydrogen-bond donors (Lipinski definition) is 0. The van der Waals surface area contributed by atoms with E-state index >= 15 is 0 Å². The molecule has 0 spiro atoms. The van der Waals surface area contributed by atoms with Crippen LogP contribution in [0.25, 0.3) is 5.69 Å². The van der Waals surface area contributed by atoms with Crippen LogP contribution in [0.4, 0.5) is 0 Å². The fourth-order valence-corrected chi connectivity index (χ4v) is 3.30. The highest BCUT2D eigenvalue weighted by Crippen LogP contribution is 2.23. The van der Waals surface area contributed by atoms with E-state index < -0.39 is 0 Å². The maximum Gasteiger partial charge on any atom is 0.0695 e. The highest BCUT2D eigenvalue weighted by Gasteiger charge is 2.19. The molecule has 0 bridgehead atoms. The van der Waals surface area contributed by atoms with Gasteiger partial charge >= 0.3 is 0 Å². The molecule has 1 aliphatic rings. The van der Waals surface area contributed by atoms with Crippen LogP contribution in [0.5, 0.6) is 0 Å². The van der Waals surface area contributed by atoms with E-state index in [0.717, 1.165) is 26.3 Å². The lowest BCUT2D eigenvalue weighted by Gasteiger charge is -2.23. The van der Waals surface area contributed by atoms with Gasteiger partial charge in [-0.15, -0.1) is 0 Å². The maximum atomic E-state index is 5.49. The summed E-state index contributed by atoms with van der Waals surface area (Å²) in [5.74, 6) is 0.670. The lowest BCUT2D eigenvalue weighted by Crippen LogP contribution is -2.26. The van der Waals surface area contributed by atoms with Gasteiger partial charge in [0.25, 0.3) is 0 Å². The molecular weight excluding hydrogens is 274 g/mol. The first-order chi connectivity index (χ1) is 10.6. The second kappa shape index (κ2) is 6.63. The summed E-state index contributed by atoms with van der Waals surface area (Å²) in [5, 5.41) is 4.42. The fourth-order valence-electron chi connectivity index (χ4n) is 3.30. The molecule has 2 aromatic rings. The second-order valence-electron chi connectivity index (χ2n) is 6.46. The lowest BCUT2D eigenvalue weighted by atomic mass is 10.0. The number of hydrogen-bond acceptors (Lipinski definition) is 3. The van der Waals surface area contributed by atoms with Crippen LogP contribution in [0.2, 0.25) is 0 Å². The van der Waals surface area contributed by atoms with Gasteiger partial charge in [-0.2, -0.15) is 5.10 Å². The number of nitrogens with zero attached hydrogens (tertiary/aromatic N) is 3. The standard InChI is InChI=1S/C18H25N3O/c1-14-9-15(2)17(18(10-14)21-7-4-6-19-21)12-20(3)11-16-5-8-22-13-16/h4,6-7,9-10,16H,5,8,11-13H2,1-3H3. The highest BCUT2D eigenvalue weighted by molar-refractivity contribution is 5.48. The minimum Gasteiger partial charge on any atom is -0.381 e. The van der Waals surface area contributed by atoms with Crippen molar-refractivity contribution in [2.75, 3.05) is 26.8 Å². The van der Waals surface area contributed by atoms with Crippen molar-refractivity contribution >= 4 is 0 Å². The molecule has 0 saturated carbocycles. The quantitative estimate of drug-likeness (QED) is 0.850. The molecule has 1 atom stereocenters. The second-order valence-corrected chi connectivity index (χ2v) is 6.46. The SMILES string of the molecule is Cc1cc(C)c(CN(C)CC2CCOC2)c(-n2cccn2)c1. The Labute approximate surface area is 132 Å². The van der Waals surface area contributed by atoms with Gasteiger partial charge in [0.2, 0.25) is 0 Å². The summed E-state index contributed by atoms with van der Waals surface area (Å²) in [6, 6.07) is 6.46. The highest BCUT2D eigenvalue weighted by atomic mass is 16.5. The van der Waals surface area contributed by atoms with Crippen molar-refractivity contribution < 1.29 is 4.74 Å². The molecule has 1 aromatic carbocycles. The molecule has 0 radical (unpaired) electrons. The third-order valence-corrected chi connectivity index (χ3v) is 4.37. The molecule has 1 unspecified atom stereocenters. The van der Waals surface area contributed by atoms with Crippen molar-refractivity contribution in [2.24, 2.45) is 5.92 Å². The molecule has 1 fully saturated rings. The van der Waals surface area contributed by atoms with Crippen LogP contribution < -0.4 is 0 Å². The van der Waals surface area contributed by atoms with E-state index in [-0.39, 0.29) is 0 Å². The zero-order valence-corrected chi connectivity index (χ0v) is 13.7. The van der Waals surface area contributed by atoms with Gasteiger partial charge in [-0.3, -0.25) is 0 Å². The van der Waals surface area contributed by atoms with Gasteiger partial charge in [0, 0.05) is 32.1 Å². The Balaban J connectivity index is 1.82. The van der Waals surface area contributed by atoms with Crippen molar-refractivity contribution in [2.45, 2.75) is 26.8 Å². The first-order valence-corrected chi connectivity index (χ1v) is 8.00. The van der Waals surface area contributed by atoms with Crippen molar-refractivity contribution in [3.8, 4) is 5.69 Å². The summed E-state index contributed by atoms with van der Waals surface area (Å²) in [4.78, 5) is 2.41. The smallest absolute Gasteiger partial charge is 0.0695 e. The Morgan fingerprint density at radius 3 is 2.91 bits per heavy atom. The van der Waals surface area contributed by atoms with Crippen molar-refractivity contribution in [3.63, 3.8) is 0 Å². The van der Waals surface area contributed by atoms with E-state index in [1.54, 1.807) is 0 Å². The van der Waals surface area contributed by atoms with Crippen LogP contribution in [0.15, 0.2) is 30.6 Å². The lowest BCUT2D eigenvalue weighted by molar-refractivity contribution is 0.173. The number of benzene rings is 1. The van der Waals surface area contributed by atoms with E-state index in [9.17, 15) is 0 Å². The number of ether oxygens (including phenoxy) is 1. The third kappa shape index (κ3) is 3.39. The van der Waals surface area contributed by atoms with Gasteiger partial charge in [0.1, 0.15) is 0 Å². The van der Waals surface area contributed by atoms with Crippen LogP contribution in [-0.4, -0.2) is 41.5 Å². The topological polar surface area (TPSA) is 30.3 Å². The molecule has 1 saturated heterocycles. The largest absolute Gasteiger partial charge is 0.381 e. The zero-order valence-electron chi connectivity index (χ0n) is 13.7. The summed E-state index contributed by atoms with van der Waals surface area (Å²) in [5.41, 5.74) is 5.16. The van der Waals surface area contributed by atoms with Crippen molar-refractivity contribution in [1.29, 1.82) is 0 Å². The molecule has 22 heavy (non-hydrogen) atoms. The van der Waals surface area contributed by atoms with Crippen LogP contribution in [-0.2, 0) is 11.3 Å². The van der Waals surface area contributed by atoms with Crippen LogP contribution in [0.3, 0.4) is 0 Å². The van der Waals surface area contributed by atoms with Gasteiger partial charge in [0.15, 0.2) is 0 Å². The number of aryl methyl sites for hydroxylation is 2. The molecule has 0 aliphatic carbocycles. The minimum atomic E-state index is 0.670. The Morgan fingerprint density at radius 1 is 1.36 bits per heavy atom. The number of rotatable bonds is 5. The van der Waals surface area contributed by atoms with Crippen molar-refractivity contribution in [3.05, 3.63) is 47.3 Å². The van der Waals surface area contributed by atoms with Crippen LogP contribution in [0.1, 0.15) is 23.1 Å². The summed E-state index contributed by atoms with van der Waals surface area (Å²) >= 11 is 0. The zero-order chi connectivity index (χ0) is 15.5. The minimum absolute atomic E-state index is 0.670. The van der Waals surface area contributed by atoms with Gasteiger partial charge in [-0.25, -0.2) is 4.68 Å². The van der Waals surface area contributed by atoms with Crippen LogP contribution in [0, 0.1) is 19.8 Å². The molecule has 1 aliphatic heterocycles. The summed E-state index contributed by atoms with van der Waals surface area (Å²) in [7, 11) is 2.20. The molecule has 0 N–H and O–H groups in total. The first-order valence-electron chi connectivity index (χ1n) is 8.00. The Morgan fingerprint density at radius 2 is 2.23 bits per heavy atom. The molecule has 0 amide bonds. The molecular formula is C18H25N3O. The van der Waals surface area contributed by atoms with E-state index in [0.29, 0.717) is 5.92 Å². The summed E-state index contributed by atoms with van der Waals surface area (Å²) in [6.45, 7) is 8.19. The third-order valence-electron chi connectivity index (χ3n) is 4.37. The normalized spacial score (nSPS) is 18.3. The summed E-state index contributed by atoms with van der Waals surface area (Å²) < 4.78 is 7.46. The van der Waals surface area contributed by atoms with Crippen molar-refractivity contribution in [1.82, 2.24) is 14.7 Å². The number of aromatic nitrogens is 2. The van der Waals surface area contributed by atoms with E-state index in [2.05, 4.69) is 43.0 Å². The molecule has 4 nitrogen and oxygen atoms in total. The van der Waals surface area contributed by atoms with Gasteiger partial charge in [0.05, 0.1) is 12.3 Å². The monoisotopic (exact) mass is 299 g/mol.